The van der Waals surface area contributed by atoms with Crippen LogP contribution in [0.1, 0.15) is 5.56 Å². The van der Waals surface area contributed by atoms with Gasteiger partial charge in [0.2, 0.25) is 0 Å². The van der Waals surface area contributed by atoms with Crippen LogP contribution in [0.3, 0.4) is 0 Å². The van der Waals surface area contributed by atoms with Gasteiger partial charge in [-0.05, 0) is 29.8 Å². The minimum atomic E-state index is -0.665. The van der Waals surface area contributed by atoms with E-state index < -0.39 is 11.6 Å². The first kappa shape index (κ1) is 11.5. The van der Waals surface area contributed by atoms with Gasteiger partial charge in [0.05, 0.1) is 5.69 Å². The van der Waals surface area contributed by atoms with Crippen molar-refractivity contribution in [3.8, 4) is 0 Å². The van der Waals surface area contributed by atoms with Crippen LogP contribution in [0.4, 0.5) is 18.9 Å². The first-order valence-corrected chi connectivity index (χ1v) is 5.08. The van der Waals surface area contributed by atoms with Gasteiger partial charge in [-0.1, -0.05) is 12.1 Å². The number of nitrogens with one attached hydrogen (secondary N) is 1. The molecule has 0 amide bonds. The molecule has 0 radical (unpaired) electrons. The highest BCUT2D eigenvalue weighted by Gasteiger charge is 2.03. The molecule has 0 saturated heterocycles. The molecule has 4 heteroatoms. The summed E-state index contributed by atoms with van der Waals surface area (Å²) >= 11 is 0. The van der Waals surface area contributed by atoms with E-state index in [1.54, 1.807) is 12.1 Å². The lowest BCUT2D eigenvalue weighted by Gasteiger charge is -2.07. The Bertz CT molecular complexity index is 526. The fourth-order valence-corrected chi connectivity index (χ4v) is 1.48. The van der Waals surface area contributed by atoms with Crippen molar-refractivity contribution in [3.63, 3.8) is 0 Å². The van der Waals surface area contributed by atoms with Gasteiger partial charge in [0, 0.05) is 12.6 Å². The van der Waals surface area contributed by atoms with E-state index in [-0.39, 0.29) is 18.0 Å². The second-order valence-electron chi connectivity index (χ2n) is 3.61. The summed E-state index contributed by atoms with van der Waals surface area (Å²) in [6.07, 6.45) is 0. The Morgan fingerprint density at radius 1 is 0.882 bits per heavy atom. The Kier molecular flexibility index (Phi) is 3.32. The summed E-state index contributed by atoms with van der Waals surface area (Å²) < 4.78 is 38.8. The third kappa shape index (κ3) is 3.00. The van der Waals surface area contributed by atoms with E-state index in [2.05, 4.69) is 5.32 Å². The number of anilines is 1. The summed E-state index contributed by atoms with van der Waals surface area (Å²) in [6, 6.07) is 9.26. The van der Waals surface area contributed by atoms with Gasteiger partial charge in [0.25, 0.3) is 0 Å². The summed E-state index contributed by atoms with van der Waals surface area (Å²) in [5, 5.41) is 2.78. The zero-order valence-electron chi connectivity index (χ0n) is 8.88. The van der Waals surface area contributed by atoms with E-state index >= 15 is 0 Å². The molecule has 0 fully saturated rings. The molecule has 2 rings (SSSR count). The number of rotatable bonds is 3. The van der Waals surface area contributed by atoms with E-state index in [0.717, 1.165) is 12.1 Å². The summed E-state index contributed by atoms with van der Waals surface area (Å²) in [5.41, 5.74) is 0.879. The molecule has 0 aromatic heterocycles. The van der Waals surface area contributed by atoms with Crippen LogP contribution in [0.25, 0.3) is 0 Å². The van der Waals surface area contributed by atoms with E-state index in [9.17, 15) is 13.2 Å². The van der Waals surface area contributed by atoms with Crippen LogP contribution in [0.2, 0.25) is 0 Å². The molecule has 0 heterocycles. The van der Waals surface area contributed by atoms with Gasteiger partial charge in [-0.3, -0.25) is 0 Å². The first-order chi connectivity index (χ1) is 8.15. The van der Waals surface area contributed by atoms with Gasteiger partial charge in [-0.2, -0.15) is 0 Å². The van der Waals surface area contributed by atoms with Gasteiger partial charge >= 0.3 is 0 Å². The molecule has 2 aromatic carbocycles. The molecule has 0 aliphatic carbocycles. The number of halogens is 3. The van der Waals surface area contributed by atoms with Gasteiger partial charge in [-0.15, -0.1) is 0 Å². The third-order valence-electron chi connectivity index (χ3n) is 2.30. The summed E-state index contributed by atoms with van der Waals surface area (Å²) in [7, 11) is 0. The van der Waals surface area contributed by atoms with Crippen LogP contribution in [0.5, 0.6) is 0 Å². The molecule has 88 valence electrons. The van der Waals surface area contributed by atoms with E-state index in [0.29, 0.717) is 5.56 Å². The van der Waals surface area contributed by atoms with Gasteiger partial charge in [-0.25, -0.2) is 13.2 Å². The van der Waals surface area contributed by atoms with Crippen molar-refractivity contribution < 1.29 is 13.2 Å². The van der Waals surface area contributed by atoms with Crippen molar-refractivity contribution in [2.45, 2.75) is 6.54 Å². The molecular formula is C13H10F3N. The topological polar surface area (TPSA) is 12.0 Å². The maximum absolute atomic E-state index is 13.3. The standard InChI is InChI=1S/C13H10F3N/c14-10-3-1-2-9(6-10)8-17-13-5-4-11(15)7-12(13)16/h1-7,17H,8H2. The lowest BCUT2D eigenvalue weighted by atomic mass is 10.2. The third-order valence-corrected chi connectivity index (χ3v) is 2.30. The predicted octanol–water partition coefficient (Wildman–Crippen LogP) is 3.72. The average molecular weight is 237 g/mol. The summed E-state index contributed by atoms with van der Waals surface area (Å²) in [4.78, 5) is 0. The van der Waals surface area contributed by atoms with Crippen LogP contribution in [0.15, 0.2) is 42.5 Å². The van der Waals surface area contributed by atoms with Crippen LogP contribution in [-0.4, -0.2) is 0 Å². The Labute approximate surface area is 96.9 Å². The van der Waals surface area contributed by atoms with Crippen molar-refractivity contribution in [1.82, 2.24) is 0 Å². The molecular weight excluding hydrogens is 227 g/mol. The Hall–Kier alpha value is -1.97. The molecule has 0 aliphatic rings. The van der Waals surface area contributed by atoms with Crippen LogP contribution < -0.4 is 5.32 Å². The van der Waals surface area contributed by atoms with E-state index in [1.165, 1.54) is 18.2 Å². The van der Waals surface area contributed by atoms with Gasteiger partial charge in [0.1, 0.15) is 17.5 Å². The van der Waals surface area contributed by atoms with Crippen molar-refractivity contribution in [3.05, 3.63) is 65.5 Å². The Morgan fingerprint density at radius 3 is 2.35 bits per heavy atom. The van der Waals surface area contributed by atoms with E-state index in [1.807, 2.05) is 0 Å². The highest BCUT2D eigenvalue weighted by Crippen LogP contribution is 2.16. The normalized spacial score (nSPS) is 10.3. The van der Waals surface area contributed by atoms with Crippen molar-refractivity contribution in [1.29, 1.82) is 0 Å². The highest BCUT2D eigenvalue weighted by atomic mass is 19.1. The van der Waals surface area contributed by atoms with Crippen LogP contribution >= 0.6 is 0 Å². The predicted molar refractivity (Wildman–Crippen MR) is 60.1 cm³/mol. The number of hydrogen-bond donors (Lipinski definition) is 1. The minimum Gasteiger partial charge on any atom is -0.379 e. The Balaban J connectivity index is 2.07. The molecule has 0 atom stereocenters. The summed E-state index contributed by atoms with van der Waals surface area (Å²) in [5.74, 6) is -1.64. The van der Waals surface area contributed by atoms with Crippen molar-refractivity contribution in [2.24, 2.45) is 0 Å². The van der Waals surface area contributed by atoms with Crippen molar-refractivity contribution in [2.75, 3.05) is 5.32 Å². The summed E-state index contributed by atoms with van der Waals surface area (Å²) in [6.45, 7) is 0.278. The fraction of sp³-hybridized carbons (Fsp3) is 0.0769. The fourth-order valence-electron chi connectivity index (χ4n) is 1.48. The maximum atomic E-state index is 13.3. The molecule has 1 nitrogen and oxygen atoms in total. The largest absolute Gasteiger partial charge is 0.379 e. The molecule has 1 N–H and O–H groups in total. The SMILES string of the molecule is Fc1cccc(CNc2ccc(F)cc2F)c1. The highest BCUT2D eigenvalue weighted by molar-refractivity contribution is 5.45. The van der Waals surface area contributed by atoms with E-state index in [4.69, 9.17) is 0 Å². The second-order valence-corrected chi connectivity index (χ2v) is 3.61. The zero-order chi connectivity index (χ0) is 12.3. The molecule has 0 saturated carbocycles. The second kappa shape index (κ2) is 4.91. The monoisotopic (exact) mass is 237 g/mol. The lowest BCUT2D eigenvalue weighted by Crippen LogP contribution is -2.01. The minimum absolute atomic E-state index is 0.190. The molecule has 17 heavy (non-hydrogen) atoms. The van der Waals surface area contributed by atoms with Gasteiger partial charge in [0.15, 0.2) is 0 Å². The van der Waals surface area contributed by atoms with Crippen LogP contribution in [0, 0.1) is 17.5 Å². The number of benzene rings is 2. The molecule has 0 aliphatic heterocycles. The molecule has 0 spiro atoms. The molecule has 2 aromatic rings. The molecule has 0 unspecified atom stereocenters. The maximum Gasteiger partial charge on any atom is 0.149 e. The van der Waals surface area contributed by atoms with Crippen LogP contribution in [-0.2, 0) is 6.54 Å². The average Bonchev–Trinajstić information content (AvgIpc) is 2.28. The number of hydrogen-bond acceptors (Lipinski definition) is 1. The van der Waals surface area contributed by atoms with Gasteiger partial charge < -0.3 is 5.32 Å². The lowest BCUT2D eigenvalue weighted by molar-refractivity contribution is 0.585. The Morgan fingerprint density at radius 2 is 1.65 bits per heavy atom. The first-order valence-electron chi connectivity index (χ1n) is 5.08. The smallest absolute Gasteiger partial charge is 0.149 e. The molecule has 0 bridgehead atoms. The zero-order valence-corrected chi connectivity index (χ0v) is 8.88. The quantitative estimate of drug-likeness (QED) is 0.857. The van der Waals surface area contributed by atoms with Crippen molar-refractivity contribution >= 4 is 5.69 Å².